The van der Waals surface area contributed by atoms with E-state index in [4.69, 9.17) is 29.0 Å². The number of azo groups is 3. The van der Waals surface area contributed by atoms with Crippen LogP contribution in [0.5, 0.6) is 11.6 Å². The van der Waals surface area contributed by atoms with Gasteiger partial charge in [0.25, 0.3) is 50.6 Å². The average molecular weight is 1320 g/mol. The van der Waals surface area contributed by atoms with Gasteiger partial charge in [0.05, 0.1) is 54.3 Å². The quantitative estimate of drug-likeness (QED) is 0.0190. The molecule has 0 aliphatic heterocycles. The first-order chi connectivity index (χ1) is 38.6. The van der Waals surface area contributed by atoms with Crippen LogP contribution in [0.1, 0.15) is 35.1 Å². The van der Waals surface area contributed by atoms with Crippen LogP contribution in [0.4, 0.5) is 33.6 Å². The zero-order valence-corrected chi connectivity index (χ0v) is 49.3. The van der Waals surface area contributed by atoms with Crippen LogP contribution >= 0.6 is 34.7 Å². The van der Waals surface area contributed by atoms with E-state index in [1.54, 1.807) is 6.92 Å². The number of thiazole rings is 1. The molecule has 0 fully saturated rings. The molecule has 0 bridgehead atoms. The van der Waals surface area contributed by atoms with Crippen LogP contribution in [0.3, 0.4) is 0 Å². The minimum absolute atomic E-state index is 0.00808. The first kappa shape index (κ1) is 63.5. The number of nitriles is 1. The number of halogens is 1. The van der Waals surface area contributed by atoms with Crippen molar-refractivity contribution < 1.29 is 87.3 Å². The molecular weight excluding hydrogens is 1280 g/mol. The molecule has 8 aromatic rings. The molecule has 39 heteroatoms. The number of benzene rings is 5. The molecule has 30 nitrogen and oxygen atoms in total. The summed E-state index contributed by atoms with van der Waals surface area (Å²) in [5.74, 6) is -1.91. The topological polar surface area (TPSA) is 481 Å². The molecule has 0 saturated carbocycles. The normalized spacial score (nSPS) is 12.8. The largest absolute Gasteiger partial charge is 0.493 e. The summed E-state index contributed by atoms with van der Waals surface area (Å²) in [5, 5.41) is 47.6. The van der Waals surface area contributed by atoms with Crippen molar-refractivity contribution in [3.63, 3.8) is 0 Å². The summed E-state index contributed by atoms with van der Waals surface area (Å²) in [6.45, 7) is 4.09. The summed E-state index contributed by atoms with van der Waals surface area (Å²) in [7, 11) is -26.2. The highest BCUT2D eigenvalue weighted by Gasteiger charge is 2.26. The monoisotopic (exact) mass is 1320 g/mol. The van der Waals surface area contributed by atoms with Crippen molar-refractivity contribution in [3.05, 3.63) is 87.9 Å². The summed E-state index contributed by atoms with van der Waals surface area (Å²) in [6.07, 6.45) is -0.251. The fraction of sp³-hybridized carbons (Fsp3) is 0.205. The Balaban J connectivity index is 0.00000240. The van der Waals surface area contributed by atoms with Crippen molar-refractivity contribution in [2.24, 2.45) is 30.7 Å². The van der Waals surface area contributed by atoms with Gasteiger partial charge in [-0.25, -0.2) is 9.97 Å². The Morgan fingerprint density at radius 1 is 0.711 bits per heavy atom. The van der Waals surface area contributed by atoms with Gasteiger partial charge >= 0.3 is 10.6 Å². The summed E-state index contributed by atoms with van der Waals surface area (Å²) in [6, 6.07) is 14.3. The van der Waals surface area contributed by atoms with E-state index in [1.807, 2.05) is 6.07 Å². The van der Waals surface area contributed by atoms with E-state index in [1.165, 1.54) is 50.2 Å². The third-order valence-corrected chi connectivity index (χ3v) is 18.2. The summed E-state index contributed by atoms with van der Waals surface area (Å²) in [5.41, 5.74) is 0.0963. The molecule has 0 aliphatic rings. The van der Waals surface area contributed by atoms with Crippen LogP contribution in [0.25, 0.3) is 37.7 Å². The zero-order chi connectivity index (χ0) is 61.3. The number of aromatic hydroxyl groups is 1. The van der Waals surface area contributed by atoms with Crippen LogP contribution in [0.15, 0.2) is 111 Å². The molecule has 3 heterocycles. The predicted octanol–water partition coefficient (Wildman–Crippen LogP) is 9.42. The molecular formula is C44H37ClN10O20S8. The van der Waals surface area contributed by atoms with E-state index in [9.17, 15) is 75.2 Å². The van der Waals surface area contributed by atoms with Gasteiger partial charge in [0, 0.05) is 21.9 Å². The highest BCUT2D eigenvalue weighted by molar-refractivity contribution is 7.99. The van der Waals surface area contributed by atoms with Gasteiger partial charge < -0.3 is 9.84 Å². The maximum atomic E-state index is 12.4. The van der Waals surface area contributed by atoms with Gasteiger partial charge in [-0.15, -0.1) is 50.0 Å². The second kappa shape index (κ2) is 24.6. The van der Waals surface area contributed by atoms with E-state index >= 15 is 0 Å². The standard InChI is InChI=1S/C44H37ClN10O17S7.O3S/c1-21-14-32(51-53-38-22(2)27(20-46)42-47-29-8-9-36(78(66,67)68)23(3)40(29)55(42)43(38)56)34(72-10-4-12-75(57,58)59)18-30(21)49-52-33-17-28(45)31(19-35(33)73-11-5-13-76(60,61)62)50-54-44-48-39-37(79(69,70)71)15-24-6-7-25(77(63,64)65)16-26(24)41(39)74-44;1-4(2)3/h6-9,14-19,56H,4-5,10-13H2,1-3H3,(H,57,58,59)(H,60,61,62)(H,63,64,65)(H,66,67,68)(H,69,70,71);. The van der Waals surface area contributed by atoms with E-state index in [0.717, 1.165) is 51.8 Å². The molecule has 438 valence electrons. The van der Waals surface area contributed by atoms with E-state index < -0.39 is 93.3 Å². The van der Waals surface area contributed by atoms with E-state index in [-0.39, 0.29) is 129 Å². The molecule has 0 radical (unpaired) electrons. The molecule has 5 aromatic carbocycles. The highest BCUT2D eigenvalue weighted by Crippen LogP contribution is 2.45. The van der Waals surface area contributed by atoms with Crippen molar-refractivity contribution in [2.45, 2.75) is 53.2 Å². The molecule has 6 N–H and O–H groups in total. The van der Waals surface area contributed by atoms with Crippen molar-refractivity contribution in [2.75, 3.05) is 23.9 Å². The lowest BCUT2D eigenvalue weighted by Gasteiger charge is -2.12. The Labute approximate surface area is 484 Å². The fourth-order valence-electron chi connectivity index (χ4n) is 7.82. The number of aromatic nitrogens is 3. The minimum Gasteiger partial charge on any atom is -0.493 e. The SMILES string of the molecule is Cc1cc(N=Nc2c(C)c(C#N)c3nc4ccc(S(=O)(=O)O)c(C)c4n3c2O)c(OCCCS(=O)(=O)O)cc1N=Nc1cc(Cl)c(N=Nc2nc3c(S(=O)(=O)O)cc4ccc(S(=O)(=O)O)cc4c3s2)cc1SCCCS(=O)(=O)O.O=S(=O)=O. The van der Waals surface area contributed by atoms with Gasteiger partial charge in [-0.05, 0) is 104 Å². The third kappa shape index (κ3) is 15.2. The lowest BCUT2D eigenvalue weighted by molar-refractivity contribution is 0.317. The molecule has 0 spiro atoms. The van der Waals surface area contributed by atoms with Crippen LogP contribution < -0.4 is 4.74 Å². The van der Waals surface area contributed by atoms with Gasteiger partial charge in [-0.2, -0.15) is 52.5 Å². The summed E-state index contributed by atoms with van der Waals surface area (Å²) < 4.78 is 200. The number of thioether (sulfide) groups is 1. The van der Waals surface area contributed by atoms with Crippen molar-refractivity contribution in [1.29, 1.82) is 5.26 Å². The molecule has 8 rings (SSSR count). The number of pyridine rings is 1. The number of imidazole rings is 1. The first-order valence-electron chi connectivity index (χ1n) is 22.6. The van der Waals surface area contributed by atoms with E-state index in [2.05, 4.69) is 40.7 Å². The zero-order valence-electron chi connectivity index (χ0n) is 42.0. The van der Waals surface area contributed by atoms with Crippen molar-refractivity contribution in [1.82, 2.24) is 14.4 Å². The Morgan fingerprint density at radius 2 is 1.34 bits per heavy atom. The second-order valence-corrected chi connectivity index (χ2v) is 27.4. The number of hydrogen-bond acceptors (Lipinski definition) is 26. The van der Waals surface area contributed by atoms with Crippen molar-refractivity contribution >= 4 is 167 Å². The third-order valence-electron chi connectivity index (χ3n) is 11.5. The Bertz CT molecular complexity index is 4870. The number of nitrogens with zero attached hydrogens (tertiary/aromatic N) is 10. The van der Waals surface area contributed by atoms with Gasteiger partial charge in [-0.1, -0.05) is 29.0 Å². The fourth-order valence-corrected chi connectivity index (χ4v) is 13.0. The Kier molecular flexibility index (Phi) is 18.8. The molecule has 0 saturated heterocycles. The van der Waals surface area contributed by atoms with Crippen LogP contribution in [0.2, 0.25) is 5.02 Å². The number of aryl methyl sites for hydroxylation is 2. The summed E-state index contributed by atoms with van der Waals surface area (Å²) in [4.78, 5) is 7.29. The number of hydrogen-bond donors (Lipinski definition) is 6. The molecule has 0 aliphatic carbocycles. The van der Waals surface area contributed by atoms with Crippen LogP contribution in [0, 0.1) is 32.1 Å². The Morgan fingerprint density at radius 3 is 1.96 bits per heavy atom. The first-order valence-corrected chi connectivity index (χ1v) is 33.3. The maximum Gasteiger partial charge on any atom is 0.425 e. The smallest absolute Gasteiger partial charge is 0.425 e. The van der Waals surface area contributed by atoms with E-state index in [0.29, 0.717) is 5.56 Å². The lowest BCUT2D eigenvalue weighted by Crippen LogP contribution is -2.08. The van der Waals surface area contributed by atoms with Gasteiger partial charge in [0.2, 0.25) is 11.0 Å². The van der Waals surface area contributed by atoms with Crippen LogP contribution in [-0.2, 0) is 61.2 Å². The maximum absolute atomic E-state index is 12.4. The Hall–Kier alpha value is -7.10. The highest BCUT2D eigenvalue weighted by atomic mass is 35.5. The average Bonchev–Trinajstić information content (AvgIpc) is 4.04. The molecule has 3 aromatic heterocycles. The minimum atomic E-state index is -4.90. The van der Waals surface area contributed by atoms with Gasteiger partial charge in [0.1, 0.15) is 44.9 Å². The molecule has 0 unspecified atom stereocenters. The number of fused-ring (bicyclic) bond motifs is 6. The lowest BCUT2D eigenvalue weighted by atomic mass is 10.1. The predicted molar refractivity (Wildman–Crippen MR) is 298 cm³/mol. The van der Waals surface area contributed by atoms with Gasteiger partial charge in [0.15, 0.2) is 11.3 Å². The summed E-state index contributed by atoms with van der Waals surface area (Å²) >= 11 is 8.50. The molecule has 0 amide bonds. The van der Waals surface area contributed by atoms with Crippen LogP contribution in [-0.4, -0.2) is 121 Å². The molecule has 83 heavy (non-hydrogen) atoms. The second-order valence-electron chi connectivity index (χ2n) is 17.1. The van der Waals surface area contributed by atoms with Gasteiger partial charge in [-0.3, -0.25) is 27.2 Å². The number of rotatable bonds is 19. The van der Waals surface area contributed by atoms with Crippen molar-refractivity contribution in [3.8, 4) is 17.7 Å². The number of ether oxygens (including phenoxy) is 1. The molecule has 0 atom stereocenters.